The highest BCUT2D eigenvalue weighted by Crippen LogP contribution is 2.52. The van der Waals surface area contributed by atoms with Gasteiger partial charge in [0.2, 0.25) is 0 Å². The minimum absolute atomic E-state index is 0.00231. The molecule has 0 aromatic heterocycles. The highest BCUT2D eigenvalue weighted by molar-refractivity contribution is 9.10. The van der Waals surface area contributed by atoms with E-state index < -0.39 is 28.3 Å². The summed E-state index contributed by atoms with van der Waals surface area (Å²) in [6.07, 6.45) is 0. The first-order chi connectivity index (χ1) is 17.2. The lowest BCUT2D eigenvalue weighted by atomic mass is 9.79. The van der Waals surface area contributed by atoms with Crippen molar-refractivity contribution in [2.24, 2.45) is 0 Å². The van der Waals surface area contributed by atoms with Crippen LogP contribution < -0.4 is 10.1 Å². The van der Waals surface area contributed by atoms with E-state index >= 15 is 0 Å². The number of carbonyl (C=O) groups excluding carboxylic acids is 1. The zero-order chi connectivity index (χ0) is 25.6. The second kappa shape index (κ2) is 8.99. The molecule has 5 rings (SSSR count). The normalized spacial score (nSPS) is 22.9. The Morgan fingerprint density at radius 1 is 1.11 bits per heavy atom. The molecule has 2 heterocycles. The number of non-ortho nitro benzene ring substituents is 1. The highest BCUT2D eigenvalue weighted by atomic mass is 79.9. The van der Waals surface area contributed by atoms with Crippen LogP contribution in [-0.4, -0.2) is 40.3 Å². The topological polar surface area (TPSA) is 128 Å². The average Bonchev–Trinajstić information content (AvgIpc) is 3.33. The Morgan fingerprint density at radius 3 is 2.50 bits per heavy atom. The standard InChI is InChI=1S/C25H21BrN4O6/c1-28-13-18(23(30(34)35)25(28)19-4-2-3-5-21(19)27-24(25)31)16-8-11-22(20(26)12-16)36-14-15-6-9-17(10-7-15)29(32)33/h2-12,18,23H,13-14H2,1H3,(H,27,31)/t18-,23-,25+/m1/s1. The van der Waals surface area contributed by atoms with Gasteiger partial charge in [0.1, 0.15) is 12.4 Å². The van der Waals surface area contributed by atoms with E-state index in [0.717, 1.165) is 5.56 Å². The van der Waals surface area contributed by atoms with E-state index in [1.165, 1.54) is 12.1 Å². The summed E-state index contributed by atoms with van der Waals surface area (Å²) in [6.45, 7) is 0.516. The summed E-state index contributed by atoms with van der Waals surface area (Å²) in [4.78, 5) is 37.5. The molecule has 1 amide bonds. The number of nitro groups is 2. The number of amides is 1. The number of nitrogens with one attached hydrogen (secondary N) is 1. The molecular formula is C25H21BrN4O6. The second-order valence-corrected chi connectivity index (χ2v) is 9.74. The first kappa shape index (κ1) is 23.9. The summed E-state index contributed by atoms with van der Waals surface area (Å²) in [5, 5.41) is 26.1. The molecule has 1 spiro atoms. The molecule has 0 bridgehead atoms. The monoisotopic (exact) mass is 552 g/mol. The zero-order valence-electron chi connectivity index (χ0n) is 19.1. The molecule has 2 aliphatic rings. The molecule has 1 fully saturated rings. The van der Waals surface area contributed by atoms with Crippen LogP contribution in [0.3, 0.4) is 0 Å². The molecule has 0 saturated carbocycles. The number of hydrogen-bond donors (Lipinski definition) is 1. The molecule has 0 radical (unpaired) electrons. The molecule has 3 aromatic rings. The minimum Gasteiger partial charge on any atom is -0.488 e. The summed E-state index contributed by atoms with van der Waals surface area (Å²) in [5.74, 6) is -0.403. The fraction of sp³-hybridized carbons (Fsp3) is 0.240. The number of carbonyl (C=O) groups is 1. The van der Waals surface area contributed by atoms with Crippen molar-refractivity contribution in [1.82, 2.24) is 4.90 Å². The lowest BCUT2D eigenvalue weighted by Gasteiger charge is -2.30. The number of likely N-dealkylation sites (tertiary alicyclic amines) is 1. The van der Waals surface area contributed by atoms with Crippen LogP contribution in [0, 0.1) is 20.2 Å². The van der Waals surface area contributed by atoms with E-state index in [0.29, 0.717) is 33.6 Å². The minimum atomic E-state index is -1.40. The van der Waals surface area contributed by atoms with Crippen LogP contribution in [0.1, 0.15) is 22.6 Å². The first-order valence-electron chi connectivity index (χ1n) is 11.1. The number of benzene rings is 3. The Labute approximate surface area is 214 Å². The SMILES string of the molecule is CN1C[C@H](c2ccc(OCc3ccc([N+](=O)[O-])cc3)c(Br)c2)[C@@H]([N+](=O)[O-])[C@@]12C(=O)Nc1ccccc12. The first-order valence-corrected chi connectivity index (χ1v) is 11.9. The van der Waals surface area contributed by atoms with Crippen molar-refractivity contribution in [2.45, 2.75) is 24.1 Å². The zero-order valence-corrected chi connectivity index (χ0v) is 20.7. The number of halogens is 1. The van der Waals surface area contributed by atoms with E-state index in [1.807, 2.05) is 0 Å². The number of fused-ring (bicyclic) bond motifs is 2. The molecule has 0 aliphatic carbocycles. The molecule has 11 heteroatoms. The van der Waals surface area contributed by atoms with Gasteiger partial charge in [-0.3, -0.25) is 29.9 Å². The molecule has 36 heavy (non-hydrogen) atoms. The molecule has 1 saturated heterocycles. The molecule has 3 aromatic carbocycles. The van der Waals surface area contributed by atoms with Crippen molar-refractivity contribution in [2.75, 3.05) is 18.9 Å². The molecule has 0 unspecified atom stereocenters. The van der Waals surface area contributed by atoms with Crippen LogP contribution in [0.4, 0.5) is 11.4 Å². The number of ether oxygens (including phenoxy) is 1. The fourth-order valence-corrected chi connectivity index (χ4v) is 5.83. The van der Waals surface area contributed by atoms with Gasteiger partial charge in [-0.25, -0.2) is 0 Å². The largest absolute Gasteiger partial charge is 0.488 e. The smallest absolute Gasteiger partial charge is 0.269 e. The number of hydrogen-bond acceptors (Lipinski definition) is 7. The van der Waals surface area contributed by atoms with Crippen LogP contribution in [0.5, 0.6) is 5.75 Å². The van der Waals surface area contributed by atoms with E-state index in [9.17, 15) is 25.0 Å². The van der Waals surface area contributed by atoms with Gasteiger partial charge in [0.05, 0.1) is 15.3 Å². The van der Waals surface area contributed by atoms with Gasteiger partial charge in [-0.1, -0.05) is 24.3 Å². The number of nitrogens with zero attached hydrogens (tertiary/aromatic N) is 3. The van der Waals surface area contributed by atoms with Crippen molar-refractivity contribution in [3.63, 3.8) is 0 Å². The predicted octanol–water partition coefficient (Wildman–Crippen LogP) is 4.46. The fourth-order valence-electron chi connectivity index (χ4n) is 5.32. The van der Waals surface area contributed by atoms with Crippen molar-refractivity contribution >= 4 is 33.2 Å². The Balaban J connectivity index is 1.42. The van der Waals surface area contributed by atoms with Gasteiger partial charge < -0.3 is 10.1 Å². The molecule has 3 atom stereocenters. The maximum Gasteiger partial charge on any atom is 0.269 e. The van der Waals surface area contributed by atoms with Gasteiger partial charge in [0.25, 0.3) is 17.6 Å². The van der Waals surface area contributed by atoms with Gasteiger partial charge in [0.15, 0.2) is 5.54 Å². The van der Waals surface area contributed by atoms with Crippen LogP contribution >= 0.6 is 15.9 Å². The van der Waals surface area contributed by atoms with E-state index in [2.05, 4.69) is 21.2 Å². The van der Waals surface area contributed by atoms with Crippen molar-refractivity contribution in [3.05, 3.63) is 108 Å². The number of anilines is 1. The third-order valence-corrected chi connectivity index (χ3v) is 7.59. The predicted molar refractivity (Wildman–Crippen MR) is 134 cm³/mol. The molecular weight excluding hydrogens is 532 g/mol. The summed E-state index contributed by atoms with van der Waals surface area (Å²) in [6, 6.07) is 17.3. The maximum absolute atomic E-state index is 13.2. The Hall–Kier alpha value is -3.83. The van der Waals surface area contributed by atoms with Gasteiger partial charge in [-0.2, -0.15) is 0 Å². The van der Waals surface area contributed by atoms with Crippen molar-refractivity contribution < 1.29 is 19.4 Å². The summed E-state index contributed by atoms with van der Waals surface area (Å²) in [5.41, 5.74) is 1.29. The van der Waals surface area contributed by atoms with Crippen LogP contribution in [-0.2, 0) is 16.9 Å². The average molecular weight is 553 g/mol. The summed E-state index contributed by atoms with van der Waals surface area (Å²) < 4.78 is 6.48. The third-order valence-electron chi connectivity index (χ3n) is 6.97. The lowest BCUT2D eigenvalue weighted by molar-refractivity contribution is -0.534. The van der Waals surface area contributed by atoms with Crippen LogP contribution in [0.15, 0.2) is 71.2 Å². The molecule has 10 nitrogen and oxygen atoms in total. The molecule has 1 N–H and O–H groups in total. The number of rotatable bonds is 6. The second-order valence-electron chi connectivity index (χ2n) is 8.89. The number of nitro benzene ring substituents is 1. The number of para-hydroxylation sites is 1. The summed E-state index contributed by atoms with van der Waals surface area (Å²) >= 11 is 3.51. The van der Waals surface area contributed by atoms with Gasteiger partial charge >= 0.3 is 0 Å². The van der Waals surface area contributed by atoms with E-state index in [4.69, 9.17) is 4.74 Å². The maximum atomic E-state index is 13.2. The van der Waals surface area contributed by atoms with Gasteiger partial charge in [-0.15, -0.1) is 0 Å². The van der Waals surface area contributed by atoms with Crippen LogP contribution in [0.2, 0.25) is 0 Å². The quantitative estimate of drug-likeness (QED) is 0.353. The Bertz CT molecular complexity index is 1380. The van der Waals surface area contributed by atoms with Crippen LogP contribution in [0.25, 0.3) is 0 Å². The summed E-state index contributed by atoms with van der Waals surface area (Å²) in [7, 11) is 1.74. The highest BCUT2D eigenvalue weighted by Gasteiger charge is 2.68. The lowest BCUT2D eigenvalue weighted by Crippen LogP contribution is -2.54. The van der Waals surface area contributed by atoms with Crippen molar-refractivity contribution in [3.8, 4) is 5.75 Å². The van der Waals surface area contributed by atoms with E-state index in [1.54, 1.807) is 66.5 Å². The van der Waals surface area contributed by atoms with Gasteiger partial charge in [0, 0.05) is 34.9 Å². The van der Waals surface area contributed by atoms with E-state index in [-0.39, 0.29) is 17.2 Å². The Morgan fingerprint density at radius 2 is 1.83 bits per heavy atom. The molecule has 184 valence electrons. The van der Waals surface area contributed by atoms with Gasteiger partial charge in [-0.05, 0) is 64.4 Å². The third kappa shape index (κ3) is 3.71. The van der Waals surface area contributed by atoms with Crippen molar-refractivity contribution in [1.29, 1.82) is 0 Å². The molecule has 2 aliphatic heterocycles. The number of likely N-dealkylation sites (N-methyl/N-ethyl adjacent to an activating group) is 1. The Kier molecular flexibility index (Phi) is 5.97.